The van der Waals surface area contributed by atoms with Crippen LogP contribution in [0.25, 0.3) is 10.6 Å². The van der Waals surface area contributed by atoms with Crippen LogP contribution in [0, 0.1) is 6.92 Å². The number of aliphatic hydroxyl groups is 1. The molecule has 7 nitrogen and oxygen atoms in total. The molecule has 2 heterocycles. The lowest BCUT2D eigenvalue weighted by atomic mass is 9.94. The summed E-state index contributed by atoms with van der Waals surface area (Å²) in [6.45, 7) is 1.72. The molecule has 1 amide bonds. The number of amides is 1. The van der Waals surface area contributed by atoms with Crippen LogP contribution in [0.2, 0.25) is 5.02 Å². The van der Waals surface area contributed by atoms with Crippen molar-refractivity contribution in [3.05, 3.63) is 105 Å². The van der Waals surface area contributed by atoms with Gasteiger partial charge in [0.15, 0.2) is 5.76 Å². The largest absolute Gasteiger partial charge is 0.506 e. The first-order valence-electron chi connectivity index (χ1n) is 11.3. The zero-order valence-corrected chi connectivity index (χ0v) is 21.4. The molecule has 0 fully saturated rings. The minimum absolute atomic E-state index is 0.0538. The summed E-state index contributed by atoms with van der Waals surface area (Å²) in [5.41, 5.74) is 2.16. The highest BCUT2D eigenvalue weighted by atomic mass is 35.5. The first-order valence-corrected chi connectivity index (χ1v) is 12.5. The SMILES string of the molecule is COc1ccc(N2C(=O)C(O)=C(C(=O)c3sc(-c4ccccc4)nc3C)C2c2ccc(O)c(Cl)c2)cc1. The third-order valence-electron chi connectivity index (χ3n) is 6.11. The van der Waals surface area contributed by atoms with E-state index in [0.29, 0.717) is 32.6 Å². The molecule has 0 aliphatic carbocycles. The Bertz CT molecular complexity index is 1550. The molecule has 4 aromatic rings. The van der Waals surface area contributed by atoms with E-state index in [0.717, 1.165) is 5.56 Å². The first kappa shape index (κ1) is 24.5. The number of thiazole rings is 1. The number of hydrogen-bond acceptors (Lipinski definition) is 7. The van der Waals surface area contributed by atoms with Crippen LogP contribution in [0.1, 0.15) is 27.0 Å². The van der Waals surface area contributed by atoms with Crippen molar-refractivity contribution in [2.75, 3.05) is 12.0 Å². The van der Waals surface area contributed by atoms with Crippen molar-refractivity contribution in [2.45, 2.75) is 13.0 Å². The third-order valence-corrected chi connectivity index (χ3v) is 7.62. The van der Waals surface area contributed by atoms with Gasteiger partial charge in [-0.1, -0.05) is 48.0 Å². The number of ether oxygens (including phenoxy) is 1. The molecule has 2 N–H and O–H groups in total. The van der Waals surface area contributed by atoms with Crippen molar-refractivity contribution in [3.8, 4) is 22.1 Å². The Morgan fingerprint density at radius 3 is 2.41 bits per heavy atom. The van der Waals surface area contributed by atoms with Crippen LogP contribution in [0.15, 0.2) is 84.1 Å². The molecule has 0 spiro atoms. The summed E-state index contributed by atoms with van der Waals surface area (Å²) in [7, 11) is 1.53. The molecule has 3 aromatic carbocycles. The van der Waals surface area contributed by atoms with E-state index in [4.69, 9.17) is 16.3 Å². The molecule has 1 unspecified atom stereocenters. The van der Waals surface area contributed by atoms with Crippen LogP contribution in [0.3, 0.4) is 0 Å². The number of methoxy groups -OCH3 is 1. The number of Topliss-reactive ketones (excluding diaryl/α,β-unsaturated/α-hetero) is 1. The van der Waals surface area contributed by atoms with E-state index in [-0.39, 0.29) is 16.3 Å². The molecule has 9 heteroatoms. The number of phenols is 1. The lowest BCUT2D eigenvalue weighted by Crippen LogP contribution is -2.31. The Hall–Kier alpha value is -4.14. The van der Waals surface area contributed by atoms with Gasteiger partial charge in [0, 0.05) is 11.3 Å². The van der Waals surface area contributed by atoms with Gasteiger partial charge in [-0.15, -0.1) is 11.3 Å². The summed E-state index contributed by atoms with van der Waals surface area (Å²) < 4.78 is 5.22. The summed E-state index contributed by atoms with van der Waals surface area (Å²) in [4.78, 5) is 33.6. The zero-order chi connectivity index (χ0) is 26.3. The Morgan fingerprint density at radius 1 is 1.05 bits per heavy atom. The van der Waals surface area contributed by atoms with Gasteiger partial charge in [-0.05, 0) is 48.9 Å². The molecule has 5 rings (SSSR count). The molecule has 1 aliphatic heterocycles. The van der Waals surface area contributed by atoms with Gasteiger partial charge in [-0.3, -0.25) is 14.5 Å². The number of anilines is 1. The number of carbonyl (C=O) groups excluding carboxylic acids is 2. The highest BCUT2D eigenvalue weighted by Gasteiger charge is 2.45. The minimum atomic E-state index is -0.992. The smallest absolute Gasteiger partial charge is 0.294 e. The molecule has 0 saturated carbocycles. The highest BCUT2D eigenvalue weighted by molar-refractivity contribution is 7.17. The quantitative estimate of drug-likeness (QED) is 0.284. The number of rotatable bonds is 6. The van der Waals surface area contributed by atoms with E-state index in [1.54, 1.807) is 37.3 Å². The molecule has 37 heavy (non-hydrogen) atoms. The van der Waals surface area contributed by atoms with Crippen molar-refractivity contribution in [1.29, 1.82) is 0 Å². The lowest BCUT2D eigenvalue weighted by Gasteiger charge is -2.27. The third kappa shape index (κ3) is 4.34. The lowest BCUT2D eigenvalue weighted by molar-refractivity contribution is -0.117. The topological polar surface area (TPSA) is 100.0 Å². The summed E-state index contributed by atoms with van der Waals surface area (Å²) in [5, 5.41) is 21.7. The number of aliphatic hydroxyl groups excluding tert-OH is 1. The maximum Gasteiger partial charge on any atom is 0.294 e. The monoisotopic (exact) mass is 532 g/mol. The highest BCUT2D eigenvalue weighted by Crippen LogP contribution is 2.44. The first-order chi connectivity index (χ1) is 17.8. The van der Waals surface area contributed by atoms with Crippen LogP contribution in [-0.4, -0.2) is 34.0 Å². The number of nitrogens with zero attached hydrogens (tertiary/aromatic N) is 2. The van der Waals surface area contributed by atoms with Crippen LogP contribution < -0.4 is 9.64 Å². The van der Waals surface area contributed by atoms with Crippen LogP contribution >= 0.6 is 22.9 Å². The second-order valence-electron chi connectivity index (χ2n) is 8.38. The Labute approximate surface area is 221 Å². The number of ketones is 1. The summed E-state index contributed by atoms with van der Waals surface area (Å²) >= 11 is 7.39. The summed E-state index contributed by atoms with van der Waals surface area (Å²) in [6, 6.07) is 19.6. The van der Waals surface area contributed by atoms with Crippen molar-refractivity contribution in [3.63, 3.8) is 0 Å². The number of halogens is 1. The molecule has 1 aromatic heterocycles. The van der Waals surface area contributed by atoms with E-state index in [1.165, 1.54) is 35.5 Å². The van der Waals surface area contributed by atoms with Gasteiger partial charge in [0.2, 0.25) is 5.78 Å². The zero-order valence-electron chi connectivity index (χ0n) is 19.8. The van der Waals surface area contributed by atoms with Gasteiger partial charge >= 0.3 is 0 Å². The second-order valence-corrected chi connectivity index (χ2v) is 9.78. The molecule has 1 atom stereocenters. The number of aryl methyl sites for hydroxylation is 1. The van der Waals surface area contributed by atoms with Gasteiger partial charge < -0.3 is 14.9 Å². The second kappa shape index (κ2) is 9.72. The molecular weight excluding hydrogens is 512 g/mol. The number of hydrogen-bond donors (Lipinski definition) is 2. The summed E-state index contributed by atoms with van der Waals surface area (Å²) in [5.74, 6) is -1.44. The number of aromatic nitrogens is 1. The molecule has 186 valence electrons. The molecule has 1 aliphatic rings. The van der Waals surface area contributed by atoms with Gasteiger partial charge in [0.05, 0.1) is 34.3 Å². The van der Waals surface area contributed by atoms with Gasteiger partial charge in [0.1, 0.15) is 16.5 Å². The number of benzene rings is 3. The fraction of sp³-hybridized carbons (Fsp3) is 0.107. The van der Waals surface area contributed by atoms with Crippen LogP contribution in [0.4, 0.5) is 5.69 Å². The van der Waals surface area contributed by atoms with Crippen LogP contribution in [-0.2, 0) is 4.79 Å². The van der Waals surface area contributed by atoms with Gasteiger partial charge in [-0.2, -0.15) is 0 Å². The molecule has 0 radical (unpaired) electrons. The number of aromatic hydroxyl groups is 1. The van der Waals surface area contributed by atoms with E-state index in [9.17, 15) is 19.8 Å². The normalized spacial score (nSPS) is 15.4. The predicted molar refractivity (Wildman–Crippen MR) is 143 cm³/mol. The average molecular weight is 533 g/mol. The fourth-order valence-corrected chi connectivity index (χ4v) is 5.50. The average Bonchev–Trinajstić information content (AvgIpc) is 3.43. The number of carbonyl (C=O) groups is 2. The standard InChI is InChI=1S/C28H21ClN2O5S/c1-15-26(37-27(30-15)16-6-4-3-5-7-16)24(33)22-23(17-8-13-21(32)20(29)14-17)31(28(35)25(22)34)18-9-11-19(36-2)12-10-18/h3-14,23,32,34H,1-2H3. The van der Waals surface area contributed by atoms with E-state index in [1.807, 2.05) is 30.3 Å². The van der Waals surface area contributed by atoms with Crippen molar-refractivity contribution in [1.82, 2.24) is 4.98 Å². The van der Waals surface area contributed by atoms with Crippen molar-refractivity contribution >= 4 is 40.3 Å². The maximum atomic E-state index is 14.0. The van der Waals surface area contributed by atoms with E-state index >= 15 is 0 Å². The van der Waals surface area contributed by atoms with E-state index in [2.05, 4.69) is 4.98 Å². The Balaban J connectivity index is 1.64. The van der Waals surface area contributed by atoms with Crippen molar-refractivity contribution in [2.24, 2.45) is 0 Å². The van der Waals surface area contributed by atoms with Crippen LogP contribution in [0.5, 0.6) is 11.5 Å². The predicted octanol–water partition coefficient (Wildman–Crippen LogP) is 6.27. The molecule has 0 bridgehead atoms. The fourth-order valence-electron chi connectivity index (χ4n) is 4.29. The number of phenolic OH excluding ortho intramolecular Hbond substituents is 1. The Kier molecular flexibility index (Phi) is 6.45. The Morgan fingerprint density at radius 2 is 1.76 bits per heavy atom. The molecular formula is C28H21ClN2O5S. The van der Waals surface area contributed by atoms with E-state index < -0.39 is 23.5 Å². The van der Waals surface area contributed by atoms with Gasteiger partial charge in [0.25, 0.3) is 5.91 Å². The summed E-state index contributed by atoms with van der Waals surface area (Å²) in [6.07, 6.45) is 0. The van der Waals surface area contributed by atoms with Crippen molar-refractivity contribution < 1.29 is 24.5 Å². The van der Waals surface area contributed by atoms with Gasteiger partial charge in [-0.25, -0.2) is 4.98 Å². The minimum Gasteiger partial charge on any atom is -0.506 e. The molecule has 0 saturated heterocycles. The maximum absolute atomic E-state index is 14.0.